The van der Waals surface area contributed by atoms with E-state index in [-0.39, 0.29) is 29.6 Å². The van der Waals surface area contributed by atoms with Gasteiger partial charge in [-0.05, 0) is 12.1 Å². The minimum atomic E-state index is -3.95. The largest absolute Gasteiger partial charge is 1.00 e. The maximum absolute atomic E-state index is 10.5. The molecule has 0 fully saturated rings. The third-order valence-electron chi connectivity index (χ3n) is 1.55. The molecule has 0 spiro atoms. The van der Waals surface area contributed by atoms with Crippen molar-refractivity contribution in [3.8, 4) is 0 Å². The Labute approximate surface area is 106 Å². The summed E-state index contributed by atoms with van der Waals surface area (Å²) in [5.74, 6) is -0.392. The van der Waals surface area contributed by atoms with Crippen LogP contribution in [0.2, 0.25) is 0 Å². The fourth-order valence-electron chi connectivity index (χ4n) is 1.00. The monoisotopic (exact) mass is 224 g/mol. The van der Waals surface area contributed by atoms with Crippen molar-refractivity contribution in [2.45, 2.75) is 0 Å². The third-order valence-corrected chi connectivity index (χ3v) is 2.27. The molecule has 0 atom stereocenters. The average Bonchev–Trinajstić information content (AvgIpc) is 2.03. The fraction of sp³-hybridized carbons (Fsp3) is 0.250. The van der Waals surface area contributed by atoms with Crippen molar-refractivity contribution in [1.29, 1.82) is 0 Å². The topological polar surface area (TPSA) is 57.6 Å². The molecule has 0 heterocycles. The van der Waals surface area contributed by atoms with E-state index in [9.17, 15) is 8.42 Å². The maximum Gasteiger partial charge on any atom is 1.00 e. The van der Waals surface area contributed by atoms with Crippen molar-refractivity contribution in [1.82, 2.24) is 0 Å². The van der Waals surface area contributed by atoms with Gasteiger partial charge in [-0.1, -0.05) is 18.2 Å². The molecule has 1 rings (SSSR count). The van der Waals surface area contributed by atoms with Crippen molar-refractivity contribution in [2.75, 3.05) is 17.8 Å². The molecule has 6 heteroatoms. The molecular weight excluding hydrogens is 213 g/mol. The Morgan fingerprint density at radius 2 is 1.79 bits per heavy atom. The standard InChI is InChI=1S/C8H11NO3S.Na/c1-9(7-13(10,11)12)8-5-3-2-4-6-8;/h2-6H,7H2,1H3,(H,10,11,12);/q;+1. The first-order valence-electron chi connectivity index (χ1n) is 3.70. The second-order valence-corrected chi connectivity index (χ2v) is 4.17. The molecule has 0 aliphatic heterocycles. The zero-order chi connectivity index (χ0) is 9.90. The van der Waals surface area contributed by atoms with Crippen molar-refractivity contribution >= 4 is 15.8 Å². The van der Waals surface area contributed by atoms with E-state index in [1.165, 1.54) is 4.90 Å². The Morgan fingerprint density at radius 3 is 2.21 bits per heavy atom. The van der Waals surface area contributed by atoms with E-state index in [0.717, 1.165) is 5.69 Å². The van der Waals surface area contributed by atoms with Crippen LogP contribution >= 0.6 is 0 Å². The van der Waals surface area contributed by atoms with E-state index in [1.807, 2.05) is 6.07 Å². The van der Waals surface area contributed by atoms with Crippen LogP contribution in [0, 0.1) is 0 Å². The summed E-state index contributed by atoms with van der Waals surface area (Å²) >= 11 is 0. The van der Waals surface area contributed by atoms with E-state index < -0.39 is 16.0 Å². The number of hydrogen-bond acceptors (Lipinski definition) is 3. The fourth-order valence-corrected chi connectivity index (χ4v) is 1.64. The molecule has 0 saturated heterocycles. The van der Waals surface area contributed by atoms with Crippen molar-refractivity contribution in [2.24, 2.45) is 0 Å². The summed E-state index contributed by atoms with van der Waals surface area (Å²) in [4.78, 5) is 1.45. The molecule has 0 aromatic heterocycles. The van der Waals surface area contributed by atoms with Gasteiger partial charge in [0.15, 0.2) is 0 Å². The summed E-state index contributed by atoms with van der Waals surface area (Å²) in [5, 5.41) is 0. The first-order valence-corrected chi connectivity index (χ1v) is 5.31. The zero-order valence-corrected chi connectivity index (χ0v) is 11.0. The van der Waals surface area contributed by atoms with E-state index in [4.69, 9.17) is 4.55 Å². The smallest absolute Gasteiger partial charge is 0.359 e. The van der Waals surface area contributed by atoms with Crippen LogP contribution in [0.15, 0.2) is 30.3 Å². The molecule has 1 N–H and O–H groups in total. The molecule has 0 bridgehead atoms. The average molecular weight is 224 g/mol. The van der Waals surface area contributed by atoms with Crippen LogP contribution in [0.5, 0.6) is 0 Å². The molecule has 72 valence electrons. The maximum atomic E-state index is 10.5. The summed E-state index contributed by atoms with van der Waals surface area (Å²) in [6, 6.07) is 8.98. The van der Waals surface area contributed by atoms with E-state index >= 15 is 0 Å². The van der Waals surface area contributed by atoms with Crippen LogP contribution in [0.25, 0.3) is 0 Å². The summed E-state index contributed by atoms with van der Waals surface area (Å²) < 4.78 is 29.6. The van der Waals surface area contributed by atoms with Gasteiger partial charge in [-0.2, -0.15) is 8.42 Å². The number of nitrogens with zero attached hydrogens (tertiary/aromatic N) is 1. The molecule has 1 aromatic rings. The Bertz CT molecular complexity index is 365. The Balaban J connectivity index is 0.00000169. The SMILES string of the molecule is CN(CS(=O)(=O)O)c1ccccc1.[Na+]. The summed E-state index contributed by atoms with van der Waals surface area (Å²) in [6.07, 6.45) is 0. The van der Waals surface area contributed by atoms with E-state index in [2.05, 4.69) is 0 Å². The van der Waals surface area contributed by atoms with Gasteiger partial charge in [0.2, 0.25) is 0 Å². The number of hydrogen-bond donors (Lipinski definition) is 1. The first kappa shape index (κ1) is 13.9. The molecule has 0 aliphatic rings. The van der Waals surface area contributed by atoms with Gasteiger partial charge in [0.25, 0.3) is 10.1 Å². The van der Waals surface area contributed by atoms with Gasteiger partial charge in [0, 0.05) is 12.7 Å². The van der Waals surface area contributed by atoms with Crippen LogP contribution in [0.3, 0.4) is 0 Å². The molecule has 0 unspecified atom stereocenters. The van der Waals surface area contributed by atoms with Gasteiger partial charge >= 0.3 is 29.6 Å². The number of benzene rings is 1. The van der Waals surface area contributed by atoms with Gasteiger partial charge in [-0.3, -0.25) is 4.55 Å². The van der Waals surface area contributed by atoms with Gasteiger partial charge < -0.3 is 4.90 Å². The Kier molecular flexibility index (Phi) is 5.70. The minimum Gasteiger partial charge on any atom is -0.359 e. The van der Waals surface area contributed by atoms with Crippen LogP contribution in [-0.2, 0) is 10.1 Å². The number of para-hydroxylation sites is 1. The molecule has 0 saturated carbocycles. The molecule has 0 aliphatic carbocycles. The molecule has 14 heavy (non-hydrogen) atoms. The number of rotatable bonds is 3. The van der Waals surface area contributed by atoms with Gasteiger partial charge in [0.1, 0.15) is 5.88 Å². The van der Waals surface area contributed by atoms with Crippen LogP contribution in [-0.4, -0.2) is 25.9 Å². The van der Waals surface area contributed by atoms with Crippen LogP contribution in [0.1, 0.15) is 0 Å². The zero-order valence-electron chi connectivity index (χ0n) is 8.21. The Hall–Kier alpha value is -0.0700. The normalized spacial score (nSPS) is 10.4. The first-order chi connectivity index (χ1) is 5.99. The van der Waals surface area contributed by atoms with Crippen molar-refractivity contribution in [3.63, 3.8) is 0 Å². The molecular formula is C8H11NNaO3S+. The van der Waals surface area contributed by atoms with Crippen LogP contribution < -0.4 is 34.5 Å². The van der Waals surface area contributed by atoms with Gasteiger partial charge in [-0.25, -0.2) is 0 Å². The second-order valence-electron chi connectivity index (χ2n) is 2.74. The predicted octanol–water partition coefficient (Wildman–Crippen LogP) is -2.03. The van der Waals surface area contributed by atoms with Crippen molar-refractivity contribution in [3.05, 3.63) is 30.3 Å². The van der Waals surface area contributed by atoms with E-state index in [1.54, 1.807) is 31.3 Å². The summed E-state index contributed by atoms with van der Waals surface area (Å²) in [7, 11) is -2.35. The molecule has 0 radical (unpaired) electrons. The molecule has 4 nitrogen and oxygen atoms in total. The summed E-state index contributed by atoms with van der Waals surface area (Å²) in [5.41, 5.74) is 0.750. The molecule has 0 amide bonds. The predicted molar refractivity (Wildman–Crippen MR) is 51.3 cm³/mol. The summed E-state index contributed by atoms with van der Waals surface area (Å²) in [6.45, 7) is 0. The third kappa shape index (κ3) is 4.97. The van der Waals surface area contributed by atoms with Crippen LogP contribution in [0.4, 0.5) is 5.69 Å². The quantitative estimate of drug-likeness (QED) is 0.475. The van der Waals surface area contributed by atoms with Gasteiger partial charge in [0.05, 0.1) is 0 Å². The van der Waals surface area contributed by atoms with E-state index in [0.29, 0.717) is 0 Å². The Morgan fingerprint density at radius 1 is 1.29 bits per heavy atom. The van der Waals surface area contributed by atoms with Crippen molar-refractivity contribution < 1.29 is 42.5 Å². The number of anilines is 1. The molecule has 1 aromatic carbocycles. The second kappa shape index (κ2) is 5.72. The minimum absolute atomic E-state index is 0. The van der Waals surface area contributed by atoms with Gasteiger partial charge in [-0.15, -0.1) is 0 Å².